The molecule has 0 spiro atoms. The van der Waals surface area contributed by atoms with E-state index >= 15 is 0 Å². The Labute approximate surface area is 100 Å². The van der Waals surface area contributed by atoms with Gasteiger partial charge >= 0.3 is 0 Å². The maximum absolute atomic E-state index is 4.35. The van der Waals surface area contributed by atoms with Gasteiger partial charge in [-0.2, -0.15) is 0 Å². The van der Waals surface area contributed by atoms with Crippen LogP contribution in [-0.2, 0) is 0 Å². The van der Waals surface area contributed by atoms with Crippen LogP contribution >= 0.6 is 0 Å². The van der Waals surface area contributed by atoms with Gasteiger partial charge in [-0.05, 0) is 26.7 Å². The van der Waals surface area contributed by atoms with Crippen LogP contribution in [-0.4, -0.2) is 42.0 Å². The summed E-state index contributed by atoms with van der Waals surface area (Å²) in [6.45, 7) is 16.1. The first kappa shape index (κ1) is 12.0. The molecule has 1 aliphatic heterocycles. The summed E-state index contributed by atoms with van der Waals surface area (Å²) < 4.78 is 0. The van der Waals surface area contributed by atoms with E-state index in [2.05, 4.69) is 37.1 Å². The number of piperazine rings is 1. The predicted octanol–water partition coefficient (Wildman–Crippen LogP) is 2.72. The van der Waals surface area contributed by atoms with Crippen LogP contribution in [0.1, 0.15) is 40.0 Å². The van der Waals surface area contributed by atoms with Crippen molar-refractivity contribution in [1.82, 2.24) is 9.80 Å². The lowest BCUT2D eigenvalue weighted by molar-refractivity contribution is 0.0875. The molecular formula is C14H26N2. The molecule has 2 rings (SSSR count). The van der Waals surface area contributed by atoms with Gasteiger partial charge < -0.3 is 4.90 Å². The van der Waals surface area contributed by atoms with Crippen LogP contribution in [0.15, 0.2) is 12.3 Å². The fourth-order valence-corrected chi connectivity index (χ4v) is 2.89. The van der Waals surface area contributed by atoms with E-state index < -0.39 is 0 Å². The highest BCUT2D eigenvalue weighted by Crippen LogP contribution is 2.47. The summed E-state index contributed by atoms with van der Waals surface area (Å²) in [5.74, 6) is 0. The fourth-order valence-electron chi connectivity index (χ4n) is 2.89. The van der Waals surface area contributed by atoms with E-state index in [0.717, 1.165) is 0 Å². The van der Waals surface area contributed by atoms with Crippen molar-refractivity contribution in [2.24, 2.45) is 5.41 Å². The molecule has 92 valence electrons. The molecule has 2 heteroatoms. The molecule has 0 amide bonds. The molecule has 0 atom stereocenters. The SMILES string of the molecule is C=C(N1CCN(C(C)C)CC1)C1(C)CCC1. The molecule has 1 heterocycles. The Kier molecular flexibility index (Phi) is 3.29. The molecule has 2 aliphatic rings. The molecule has 2 nitrogen and oxygen atoms in total. The summed E-state index contributed by atoms with van der Waals surface area (Å²) in [6.07, 6.45) is 4.08. The third-order valence-electron chi connectivity index (χ3n) is 4.58. The molecule has 0 aromatic heterocycles. The van der Waals surface area contributed by atoms with Gasteiger partial charge in [0, 0.05) is 43.3 Å². The van der Waals surface area contributed by atoms with Gasteiger partial charge in [-0.15, -0.1) is 0 Å². The van der Waals surface area contributed by atoms with Crippen molar-refractivity contribution in [3.8, 4) is 0 Å². The summed E-state index contributed by atoms with van der Waals surface area (Å²) >= 11 is 0. The first-order chi connectivity index (χ1) is 7.53. The summed E-state index contributed by atoms with van der Waals surface area (Å²) in [6, 6.07) is 0.690. The first-order valence-corrected chi connectivity index (χ1v) is 6.71. The van der Waals surface area contributed by atoms with Gasteiger partial charge in [0.25, 0.3) is 0 Å². The van der Waals surface area contributed by atoms with E-state index in [1.165, 1.54) is 51.1 Å². The molecule has 16 heavy (non-hydrogen) atoms. The highest BCUT2D eigenvalue weighted by atomic mass is 15.3. The second kappa shape index (κ2) is 4.40. The minimum Gasteiger partial charge on any atom is -0.372 e. The van der Waals surface area contributed by atoms with E-state index in [4.69, 9.17) is 0 Å². The normalized spacial score (nSPS) is 25.6. The Morgan fingerprint density at radius 3 is 2.06 bits per heavy atom. The van der Waals surface area contributed by atoms with Crippen LogP contribution in [0.2, 0.25) is 0 Å². The predicted molar refractivity (Wildman–Crippen MR) is 69.4 cm³/mol. The third kappa shape index (κ3) is 2.13. The monoisotopic (exact) mass is 222 g/mol. The molecule has 1 aliphatic carbocycles. The van der Waals surface area contributed by atoms with Crippen LogP contribution in [0.5, 0.6) is 0 Å². The molecule has 0 radical (unpaired) electrons. The minimum absolute atomic E-state index is 0.431. The summed E-state index contributed by atoms with van der Waals surface area (Å²) in [5.41, 5.74) is 1.84. The van der Waals surface area contributed by atoms with Crippen molar-refractivity contribution < 1.29 is 0 Å². The third-order valence-corrected chi connectivity index (χ3v) is 4.58. The molecule has 0 unspecified atom stereocenters. The van der Waals surface area contributed by atoms with E-state index in [1.54, 1.807) is 0 Å². The second-order valence-corrected chi connectivity index (χ2v) is 5.98. The molecule has 0 N–H and O–H groups in total. The number of allylic oxidation sites excluding steroid dienone is 1. The summed E-state index contributed by atoms with van der Waals surface area (Å²) in [4.78, 5) is 5.09. The lowest BCUT2D eigenvalue weighted by atomic mass is 9.68. The minimum atomic E-state index is 0.431. The number of hydrogen-bond donors (Lipinski definition) is 0. The summed E-state index contributed by atoms with van der Waals surface area (Å²) in [5, 5.41) is 0. The molecule has 1 saturated carbocycles. The quantitative estimate of drug-likeness (QED) is 0.724. The lowest BCUT2D eigenvalue weighted by Gasteiger charge is -2.48. The van der Waals surface area contributed by atoms with Crippen LogP contribution in [0.4, 0.5) is 0 Å². The van der Waals surface area contributed by atoms with Gasteiger partial charge in [0.1, 0.15) is 0 Å². The highest BCUT2D eigenvalue weighted by Gasteiger charge is 2.37. The molecule has 0 aromatic rings. The molecular weight excluding hydrogens is 196 g/mol. The van der Waals surface area contributed by atoms with Crippen molar-refractivity contribution in [3.05, 3.63) is 12.3 Å². The number of hydrogen-bond acceptors (Lipinski definition) is 2. The van der Waals surface area contributed by atoms with Crippen LogP contribution in [0.25, 0.3) is 0 Å². The topological polar surface area (TPSA) is 6.48 Å². The first-order valence-electron chi connectivity index (χ1n) is 6.71. The zero-order valence-corrected chi connectivity index (χ0v) is 11.1. The van der Waals surface area contributed by atoms with E-state index in [-0.39, 0.29) is 0 Å². The van der Waals surface area contributed by atoms with Crippen molar-refractivity contribution >= 4 is 0 Å². The Hall–Kier alpha value is -0.500. The molecule has 2 fully saturated rings. The van der Waals surface area contributed by atoms with E-state index in [9.17, 15) is 0 Å². The molecule has 0 bridgehead atoms. The second-order valence-electron chi connectivity index (χ2n) is 5.98. The number of nitrogens with zero attached hydrogens (tertiary/aromatic N) is 2. The average molecular weight is 222 g/mol. The standard InChI is InChI=1S/C14H26N2/c1-12(2)15-8-10-16(11-9-15)13(3)14(4)6-5-7-14/h12H,3,5-11H2,1-2,4H3. The largest absolute Gasteiger partial charge is 0.372 e. The Balaban J connectivity index is 1.87. The van der Waals surface area contributed by atoms with Crippen molar-refractivity contribution in [3.63, 3.8) is 0 Å². The van der Waals surface area contributed by atoms with E-state index in [0.29, 0.717) is 11.5 Å². The van der Waals surface area contributed by atoms with Gasteiger partial charge in [-0.1, -0.05) is 19.9 Å². The fraction of sp³-hybridized carbons (Fsp3) is 0.857. The average Bonchev–Trinajstić information content (AvgIpc) is 2.25. The maximum atomic E-state index is 4.35. The summed E-state index contributed by atoms with van der Waals surface area (Å²) in [7, 11) is 0. The maximum Gasteiger partial charge on any atom is 0.0303 e. The zero-order chi connectivity index (χ0) is 11.8. The lowest BCUT2D eigenvalue weighted by Crippen LogP contribution is -2.50. The van der Waals surface area contributed by atoms with Crippen molar-refractivity contribution in [1.29, 1.82) is 0 Å². The smallest absolute Gasteiger partial charge is 0.0303 e. The Morgan fingerprint density at radius 2 is 1.69 bits per heavy atom. The van der Waals surface area contributed by atoms with Crippen LogP contribution < -0.4 is 0 Å². The number of rotatable bonds is 3. The van der Waals surface area contributed by atoms with Gasteiger partial charge in [-0.3, -0.25) is 4.90 Å². The van der Waals surface area contributed by atoms with Crippen molar-refractivity contribution in [2.75, 3.05) is 26.2 Å². The van der Waals surface area contributed by atoms with Crippen LogP contribution in [0.3, 0.4) is 0 Å². The highest BCUT2D eigenvalue weighted by molar-refractivity contribution is 5.12. The van der Waals surface area contributed by atoms with Crippen LogP contribution in [0, 0.1) is 5.41 Å². The van der Waals surface area contributed by atoms with Gasteiger partial charge in [0.2, 0.25) is 0 Å². The Bertz CT molecular complexity index is 258. The molecule has 1 saturated heterocycles. The van der Waals surface area contributed by atoms with E-state index in [1.807, 2.05) is 0 Å². The Morgan fingerprint density at radius 1 is 1.12 bits per heavy atom. The van der Waals surface area contributed by atoms with Gasteiger partial charge in [0.05, 0.1) is 0 Å². The van der Waals surface area contributed by atoms with Crippen molar-refractivity contribution in [2.45, 2.75) is 46.1 Å². The van der Waals surface area contributed by atoms with Gasteiger partial charge in [0.15, 0.2) is 0 Å². The molecule has 0 aromatic carbocycles. The van der Waals surface area contributed by atoms with Gasteiger partial charge in [-0.25, -0.2) is 0 Å². The zero-order valence-electron chi connectivity index (χ0n) is 11.1.